The largest absolute Gasteiger partial charge is 0.460 e. The Hall–Kier alpha value is -0.460. The number of ketones is 1. The predicted octanol–water partition coefficient (Wildman–Crippen LogP) is 1.04. The van der Waals surface area contributed by atoms with Gasteiger partial charge in [0.25, 0.3) is 5.78 Å². The average molecular weight is 295 g/mol. The number of rotatable bonds is 5. The van der Waals surface area contributed by atoms with E-state index in [9.17, 15) is 9.59 Å². The third-order valence-electron chi connectivity index (χ3n) is 2.27. The number of hydrogen-bond acceptors (Lipinski definition) is 5. The summed E-state index contributed by atoms with van der Waals surface area (Å²) >= 11 is 3.25. The molecule has 0 bridgehead atoms. The van der Waals surface area contributed by atoms with E-state index in [0.717, 1.165) is 0 Å². The fourth-order valence-electron chi connectivity index (χ4n) is 1.48. The number of esters is 1. The van der Waals surface area contributed by atoms with Crippen molar-refractivity contribution in [3.8, 4) is 0 Å². The molecule has 1 rings (SSSR count). The molecule has 0 aromatic heterocycles. The predicted molar refractivity (Wildman–Crippen MR) is 59.3 cm³/mol. The fourth-order valence-corrected chi connectivity index (χ4v) is 2.07. The zero-order chi connectivity index (χ0) is 12.2. The quantitative estimate of drug-likeness (QED) is 0.431. The van der Waals surface area contributed by atoms with Crippen molar-refractivity contribution >= 4 is 27.7 Å². The van der Waals surface area contributed by atoms with Gasteiger partial charge in [0.05, 0.1) is 13.2 Å². The van der Waals surface area contributed by atoms with E-state index < -0.39 is 22.4 Å². The van der Waals surface area contributed by atoms with Gasteiger partial charge < -0.3 is 14.2 Å². The van der Waals surface area contributed by atoms with E-state index in [1.54, 1.807) is 13.8 Å². The minimum Gasteiger partial charge on any atom is -0.460 e. The van der Waals surface area contributed by atoms with Crippen molar-refractivity contribution in [2.75, 3.05) is 19.8 Å². The van der Waals surface area contributed by atoms with Crippen molar-refractivity contribution < 1.29 is 23.8 Å². The van der Waals surface area contributed by atoms with Gasteiger partial charge in [-0.25, -0.2) is 4.79 Å². The molecule has 92 valence electrons. The maximum Gasteiger partial charge on any atom is 0.376 e. The summed E-state index contributed by atoms with van der Waals surface area (Å²) in [6.45, 7) is 4.41. The van der Waals surface area contributed by atoms with Crippen LogP contribution in [0.25, 0.3) is 0 Å². The second-order valence-electron chi connectivity index (χ2n) is 3.32. The van der Waals surface area contributed by atoms with Gasteiger partial charge >= 0.3 is 5.97 Å². The Bertz CT molecular complexity index is 280. The fraction of sp³-hybridized carbons (Fsp3) is 0.800. The first-order chi connectivity index (χ1) is 7.56. The molecule has 1 saturated heterocycles. The number of hydrogen-bond donors (Lipinski definition) is 0. The summed E-state index contributed by atoms with van der Waals surface area (Å²) in [5.74, 6) is -1.50. The Balaban J connectivity index is 2.74. The number of ether oxygens (including phenoxy) is 3. The highest BCUT2D eigenvalue weighted by molar-refractivity contribution is 9.10. The molecular formula is C10H15BrO5. The van der Waals surface area contributed by atoms with E-state index in [1.165, 1.54) is 0 Å². The zero-order valence-corrected chi connectivity index (χ0v) is 10.9. The average Bonchev–Trinajstić information content (AvgIpc) is 2.62. The number of halogens is 1. The molecule has 0 radical (unpaired) electrons. The smallest absolute Gasteiger partial charge is 0.376 e. The Morgan fingerprint density at radius 3 is 2.69 bits per heavy atom. The van der Waals surface area contributed by atoms with Crippen LogP contribution < -0.4 is 0 Å². The van der Waals surface area contributed by atoms with Crippen molar-refractivity contribution in [1.82, 2.24) is 0 Å². The van der Waals surface area contributed by atoms with Gasteiger partial charge in [0, 0.05) is 6.61 Å². The summed E-state index contributed by atoms with van der Waals surface area (Å²) in [5, 5.41) is 0. The van der Waals surface area contributed by atoms with Gasteiger partial charge in [-0.2, -0.15) is 0 Å². The van der Waals surface area contributed by atoms with Crippen molar-refractivity contribution in [3.63, 3.8) is 0 Å². The molecule has 1 fully saturated rings. The SMILES string of the molecule is CCOC(=O)C(=O)[C@@]1(Br)CCO[C@@H]1OCC. The number of carbonyl (C=O) groups excluding carboxylic acids is 2. The van der Waals surface area contributed by atoms with Crippen LogP contribution in [0.4, 0.5) is 0 Å². The van der Waals surface area contributed by atoms with Crippen LogP contribution in [0, 0.1) is 0 Å². The molecule has 0 aliphatic carbocycles. The Morgan fingerprint density at radius 1 is 1.44 bits per heavy atom. The molecule has 16 heavy (non-hydrogen) atoms. The summed E-state index contributed by atoms with van der Waals surface area (Å²) in [4.78, 5) is 23.2. The third kappa shape index (κ3) is 2.61. The lowest BCUT2D eigenvalue weighted by Gasteiger charge is -2.24. The van der Waals surface area contributed by atoms with Gasteiger partial charge in [-0.15, -0.1) is 0 Å². The lowest BCUT2D eigenvalue weighted by atomic mass is 10.0. The molecule has 1 aliphatic rings. The summed E-state index contributed by atoms with van der Waals surface area (Å²) in [6, 6.07) is 0. The molecule has 0 aromatic rings. The van der Waals surface area contributed by atoms with E-state index >= 15 is 0 Å². The van der Waals surface area contributed by atoms with Crippen molar-refractivity contribution in [3.05, 3.63) is 0 Å². The molecule has 0 aromatic carbocycles. The first kappa shape index (κ1) is 13.6. The third-order valence-corrected chi connectivity index (χ3v) is 3.40. The van der Waals surface area contributed by atoms with Crippen LogP contribution in [0.1, 0.15) is 20.3 Å². The molecule has 0 unspecified atom stereocenters. The summed E-state index contributed by atoms with van der Waals surface area (Å²) in [7, 11) is 0. The Labute approximate surface area is 103 Å². The first-order valence-electron chi connectivity index (χ1n) is 5.20. The highest BCUT2D eigenvalue weighted by Gasteiger charge is 2.52. The van der Waals surface area contributed by atoms with E-state index in [0.29, 0.717) is 19.6 Å². The van der Waals surface area contributed by atoms with Crippen molar-refractivity contribution in [2.24, 2.45) is 0 Å². The molecule has 0 spiro atoms. The van der Waals surface area contributed by atoms with Crippen LogP contribution in [0.5, 0.6) is 0 Å². The Morgan fingerprint density at radius 2 is 2.12 bits per heavy atom. The van der Waals surface area contributed by atoms with Gasteiger partial charge in [0.1, 0.15) is 4.32 Å². The minimum absolute atomic E-state index is 0.174. The molecule has 1 aliphatic heterocycles. The maximum absolute atomic E-state index is 11.9. The van der Waals surface area contributed by atoms with Crippen molar-refractivity contribution in [1.29, 1.82) is 0 Å². The second kappa shape index (κ2) is 5.75. The summed E-state index contributed by atoms with van der Waals surface area (Å²) in [5.41, 5.74) is 0. The number of Topliss-reactive ketones (excluding diaryl/α,β-unsaturated/α-hetero) is 1. The molecule has 0 saturated carbocycles. The normalized spacial score (nSPS) is 29.1. The van der Waals surface area contributed by atoms with Crippen molar-refractivity contribution in [2.45, 2.75) is 30.9 Å². The molecule has 0 N–H and O–H groups in total. The summed E-state index contributed by atoms with van der Waals surface area (Å²) in [6.07, 6.45) is -0.329. The van der Waals surface area contributed by atoms with Crippen LogP contribution >= 0.6 is 15.9 Å². The molecule has 6 heteroatoms. The lowest BCUT2D eigenvalue weighted by molar-refractivity contribution is -0.161. The first-order valence-corrected chi connectivity index (χ1v) is 5.99. The monoisotopic (exact) mass is 294 g/mol. The van der Waals surface area contributed by atoms with Crippen LogP contribution in [0.2, 0.25) is 0 Å². The van der Waals surface area contributed by atoms with Crippen LogP contribution in [0.3, 0.4) is 0 Å². The van der Waals surface area contributed by atoms with E-state index in [4.69, 9.17) is 9.47 Å². The second-order valence-corrected chi connectivity index (χ2v) is 4.74. The molecule has 1 heterocycles. The van der Waals surface area contributed by atoms with Gasteiger partial charge in [-0.1, -0.05) is 15.9 Å². The molecule has 5 nitrogen and oxygen atoms in total. The number of alkyl halides is 1. The maximum atomic E-state index is 11.9. The van der Waals surface area contributed by atoms with Gasteiger partial charge in [-0.05, 0) is 20.3 Å². The molecular weight excluding hydrogens is 280 g/mol. The van der Waals surface area contributed by atoms with E-state index in [2.05, 4.69) is 20.7 Å². The van der Waals surface area contributed by atoms with Crippen LogP contribution in [-0.2, 0) is 23.8 Å². The lowest BCUT2D eigenvalue weighted by Crippen LogP contribution is -2.46. The molecule has 2 atom stereocenters. The van der Waals surface area contributed by atoms with E-state index in [1.807, 2.05) is 0 Å². The van der Waals surface area contributed by atoms with Gasteiger partial charge in [0.15, 0.2) is 6.29 Å². The highest BCUT2D eigenvalue weighted by Crippen LogP contribution is 2.36. The Kier molecular flexibility index (Phi) is 4.89. The topological polar surface area (TPSA) is 61.8 Å². The molecule has 0 amide bonds. The highest BCUT2D eigenvalue weighted by atomic mass is 79.9. The minimum atomic E-state index is -1.10. The summed E-state index contributed by atoms with van der Waals surface area (Å²) < 4.78 is 14.1. The van der Waals surface area contributed by atoms with E-state index in [-0.39, 0.29) is 6.61 Å². The van der Waals surface area contributed by atoms with Gasteiger partial charge in [-0.3, -0.25) is 4.79 Å². The standard InChI is InChI=1S/C10H15BrO5/c1-3-14-8(13)7(12)10(11)5-6-16-9(10)15-4-2/h9H,3-6H2,1-2H3/t9-,10-/m0/s1. The zero-order valence-electron chi connectivity index (χ0n) is 9.32. The van der Waals surface area contributed by atoms with Crippen LogP contribution in [-0.4, -0.2) is 42.2 Å². The number of carbonyl (C=O) groups is 2. The van der Waals surface area contributed by atoms with Crippen LogP contribution in [0.15, 0.2) is 0 Å². The van der Waals surface area contributed by atoms with Gasteiger partial charge in [0.2, 0.25) is 0 Å².